The van der Waals surface area contributed by atoms with Gasteiger partial charge in [0.1, 0.15) is 18.1 Å². The predicted octanol–water partition coefficient (Wildman–Crippen LogP) is 3.36. The van der Waals surface area contributed by atoms with Gasteiger partial charge in [0.15, 0.2) is 5.75 Å². The van der Waals surface area contributed by atoms with Crippen molar-refractivity contribution in [3.63, 3.8) is 0 Å². The van der Waals surface area contributed by atoms with Crippen LogP contribution in [0.3, 0.4) is 0 Å². The Kier molecular flexibility index (Phi) is 6.47. The van der Waals surface area contributed by atoms with Crippen LogP contribution in [0, 0.1) is 10.1 Å². The molecule has 3 aromatic rings. The van der Waals surface area contributed by atoms with Gasteiger partial charge >= 0.3 is 5.69 Å². The number of fused-ring (bicyclic) bond motifs is 3. The van der Waals surface area contributed by atoms with E-state index >= 15 is 0 Å². The number of anilines is 1. The molecule has 0 spiro atoms. The van der Waals surface area contributed by atoms with Crippen molar-refractivity contribution in [1.82, 2.24) is 14.6 Å². The number of ether oxygens (including phenoxy) is 2. The van der Waals surface area contributed by atoms with E-state index in [0.29, 0.717) is 41.3 Å². The van der Waals surface area contributed by atoms with Gasteiger partial charge in [0, 0.05) is 31.8 Å². The van der Waals surface area contributed by atoms with Crippen molar-refractivity contribution in [2.24, 2.45) is 4.99 Å². The number of likely N-dealkylation sites (tertiary alicyclic amines) is 1. The van der Waals surface area contributed by atoms with E-state index in [4.69, 9.17) is 9.47 Å². The van der Waals surface area contributed by atoms with Crippen LogP contribution in [0.15, 0.2) is 47.6 Å². The monoisotopic (exact) mass is 492 g/mol. The fourth-order valence-corrected chi connectivity index (χ4v) is 4.69. The Morgan fingerprint density at radius 2 is 1.94 bits per heavy atom. The molecule has 1 N–H and O–H groups in total. The smallest absolute Gasteiger partial charge is 0.311 e. The van der Waals surface area contributed by atoms with Crippen LogP contribution in [0.4, 0.5) is 17.1 Å². The van der Waals surface area contributed by atoms with Crippen LogP contribution in [0.25, 0.3) is 11.3 Å². The average Bonchev–Trinajstić information content (AvgIpc) is 3.39. The lowest BCUT2D eigenvalue weighted by Crippen LogP contribution is -2.30. The fraction of sp³-hybridized carbons (Fsp3) is 0.360. The van der Waals surface area contributed by atoms with Gasteiger partial charge in [-0.05, 0) is 61.8 Å². The molecular weight excluding hydrogens is 464 g/mol. The molecule has 0 saturated carbocycles. The normalized spacial score (nSPS) is 15.5. The first-order valence-electron chi connectivity index (χ1n) is 11.8. The number of rotatable bonds is 7. The summed E-state index contributed by atoms with van der Waals surface area (Å²) in [6, 6.07) is 10.3. The Morgan fingerprint density at radius 3 is 2.64 bits per heavy atom. The minimum absolute atomic E-state index is 0.0787. The lowest BCUT2D eigenvalue weighted by molar-refractivity contribution is -0.385. The van der Waals surface area contributed by atoms with E-state index < -0.39 is 4.92 Å². The molecule has 0 radical (unpaired) electrons. The van der Waals surface area contributed by atoms with E-state index in [2.05, 4.69) is 14.9 Å². The molecule has 2 aromatic carbocycles. The summed E-state index contributed by atoms with van der Waals surface area (Å²) in [7, 11) is 3.21. The minimum Gasteiger partial charge on any atom is -0.492 e. The molecule has 0 amide bonds. The molecule has 2 aliphatic heterocycles. The zero-order chi connectivity index (χ0) is 25.2. The maximum Gasteiger partial charge on any atom is 0.311 e. The number of hydrogen-bond acceptors (Lipinski definition) is 9. The Balaban J connectivity index is 1.44. The van der Waals surface area contributed by atoms with Gasteiger partial charge in [-0.15, -0.1) is 4.73 Å². The quantitative estimate of drug-likeness (QED) is 0.303. The van der Waals surface area contributed by atoms with Crippen molar-refractivity contribution < 1.29 is 19.6 Å². The van der Waals surface area contributed by atoms with Crippen LogP contribution in [0.5, 0.6) is 11.5 Å². The Morgan fingerprint density at radius 1 is 1.19 bits per heavy atom. The van der Waals surface area contributed by atoms with E-state index in [9.17, 15) is 15.3 Å². The third-order valence-corrected chi connectivity index (χ3v) is 6.56. The van der Waals surface area contributed by atoms with Crippen LogP contribution in [-0.4, -0.2) is 65.1 Å². The van der Waals surface area contributed by atoms with Gasteiger partial charge in [-0.1, -0.05) is 0 Å². The summed E-state index contributed by atoms with van der Waals surface area (Å²) in [5, 5.41) is 22.6. The Bertz CT molecular complexity index is 1350. The summed E-state index contributed by atoms with van der Waals surface area (Å²) in [4.78, 5) is 24.1. The van der Waals surface area contributed by atoms with Crippen LogP contribution in [0.1, 0.15) is 18.4 Å². The number of aromatic nitrogens is 2. The van der Waals surface area contributed by atoms with Crippen LogP contribution < -0.4 is 20.0 Å². The summed E-state index contributed by atoms with van der Waals surface area (Å²) in [5.74, 6) is 0.873. The van der Waals surface area contributed by atoms with Crippen molar-refractivity contribution in [3.8, 4) is 22.8 Å². The average molecular weight is 493 g/mol. The van der Waals surface area contributed by atoms with Crippen molar-refractivity contribution >= 4 is 17.1 Å². The zero-order valence-corrected chi connectivity index (χ0v) is 20.3. The van der Waals surface area contributed by atoms with Gasteiger partial charge < -0.3 is 19.6 Å². The Labute approximate surface area is 208 Å². The summed E-state index contributed by atoms with van der Waals surface area (Å²) in [6.07, 6.45) is 4.15. The largest absolute Gasteiger partial charge is 0.492 e. The molecule has 3 heterocycles. The number of nitro benzene ring substituents is 1. The second-order valence-electron chi connectivity index (χ2n) is 8.90. The molecule has 0 atom stereocenters. The molecule has 188 valence electrons. The van der Waals surface area contributed by atoms with Gasteiger partial charge in [0.05, 0.1) is 29.6 Å². The molecular formula is C25H28N6O5. The van der Waals surface area contributed by atoms with Crippen molar-refractivity contribution in [1.29, 1.82) is 0 Å². The van der Waals surface area contributed by atoms with E-state index in [0.717, 1.165) is 30.1 Å². The maximum absolute atomic E-state index is 11.5. The fourth-order valence-electron chi connectivity index (χ4n) is 4.69. The summed E-state index contributed by atoms with van der Waals surface area (Å²) >= 11 is 0. The summed E-state index contributed by atoms with van der Waals surface area (Å²) < 4.78 is 12.0. The highest BCUT2D eigenvalue weighted by atomic mass is 16.6. The number of nitrogens with zero attached hydrogens (tertiary/aromatic N) is 6. The molecule has 0 aliphatic carbocycles. The van der Waals surface area contributed by atoms with Gasteiger partial charge in [0.2, 0.25) is 0 Å². The van der Waals surface area contributed by atoms with Crippen LogP contribution in [0.2, 0.25) is 0 Å². The number of hydrogen-bond donors (Lipinski definition) is 1. The lowest BCUT2D eigenvalue weighted by atomic mass is 9.97. The topological polar surface area (TPSA) is 118 Å². The van der Waals surface area contributed by atoms with Crippen LogP contribution in [-0.2, 0) is 6.54 Å². The SMILES string of the molecule is COc1cc2c(cc1[N+](=O)[O-])CN(C)c1cnc(=Nc3ccc(OCCN4CCCC4)cc3)n(O)c1-2. The zero-order valence-electron chi connectivity index (χ0n) is 20.3. The maximum atomic E-state index is 11.5. The van der Waals surface area contributed by atoms with Crippen LogP contribution >= 0.6 is 0 Å². The number of nitro groups is 1. The molecule has 1 saturated heterocycles. The second kappa shape index (κ2) is 9.86. The second-order valence-corrected chi connectivity index (χ2v) is 8.90. The molecule has 0 bridgehead atoms. The first kappa shape index (κ1) is 23.6. The van der Waals surface area contributed by atoms with Gasteiger partial charge in [0.25, 0.3) is 5.62 Å². The molecule has 0 unspecified atom stereocenters. The highest BCUT2D eigenvalue weighted by molar-refractivity contribution is 5.82. The highest BCUT2D eigenvalue weighted by Gasteiger charge is 2.28. The standard InChI is InChI=1S/C25H28N6O5/c1-28-16-17-13-21(31(33)34)23(35-2)14-20(17)24-22(28)15-26-25(30(24)32)27-18-5-7-19(8-6-18)36-12-11-29-9-3-4-10-29/h5-8,13-15,32H,3-4,9-12,16H2,1-2H3. The number of benzene rings is 2. The molecule has 11 nitrogen and oxygen atoms in total. The van der Waals surface area contributed by atoms with Gasteiger partial charge in [-0.25, -0.2) is 9.98 Å². The van der Waals surface area contributed by atoms with E-state index in [1.165, 1.54) is 26.0 Å². The van der Waals surface area contributed by atoms with Gasteiger partial charge in [-0.2, -0.15) is 0 Å². The molecule has 1 fully saturated rings. The molecule has 11 heteroatoms. The molecule has 5 rings (SSSR count). The third-order valence-electron chi connectivity index (χ3n) is 6.56. The summed E-state index contributed by atoms with van der Waals surface area (Å²) in [6.45, 7) is 4.25. The van der Waals surface area contributed by atoms with E-state index in [1.54, 1.807) is 24.4 Å². The van der Waals surface area contributed by atoms with Gasteiger partial charge in [-0.3, -0.25) is 15.0 Å². The van der Waals surface area contributed by atoms with Crippen molar-refractivity contribution in [2.75, 3.05) is 45.3 Å². The molecule has 2 aliphatic rings. The predicted molar refractivity (Wildman–Crippen MR) is 133 cm³/mol. The lowest BCUT2D eigenvalue weighted by Gasteiger charge is -2.29. The van der Waals surface area contributed by atoms with Crippen molar-refractivity contribution in [2.45, 2.75) is 19.4 Å². The van der Waals surface area contributed by atoms with E-state index in [1.807, 2.05) is 24.1 Å². The Hall–Kier alpha value is -4.12. The highest BCUT2D eigenvalue weighted by Crippen LogP contribution is 2.42. The molecule has 36 heavy (non-hydrogen) atoms. The molecule has 1 aromatic heterocycles. The first-order chi connectivity index (χ1) is 17.4. The first-order valence-corrected chi connectivity index (χ1v) is 11.8. The van der Waals surface area contributed by atoms with Crippen molar-refractivity contribution in [3.05, 3.63) is 63.9 Å². The van der Waals surface area contributed by atoms with E-state index in [-0.39, 0.29) is 17.1 Å². The third kappa shape index (κ3) is 4.57. The summed E-state index contributed by atoms with van der Waals surface area (Å²) in [5.41, 5.74) is 2.96. The number of methoxy groups -OCH3 is 1. The minimum atomic E-state index is -0.477.